The molecule has 5 heteroatoms. The van der Waals surface area contributed by atoms with Gasteiger partial charge in [-0.2, -0.15) is 0 Å². The molecule has 0 bridgehead atoms. The molecule has 0 heterocycles. The van der Waals surface area contributed by atoms with Crippen molar-refractivity contribution in [2.24, 2.45) is 0 Å². The number of esters is 2. The molecule has 0 fully saturated rings. The van der Waals surface area contributed by atoms with E-state index < -0.39 is 6.10 Å². The van der Waals surface area contributed by atoms with Crippen LogP contribution in [0.5, 0.6) is 0 Å². The first kappa shape index (κ1) is 47.1. The average Bonchev–Trinajstić information content (AvgIpc) is 3.12. The molecule has 0 aromatic rings. The predicted molar refractivity (Wildman–Crippen MR) is 214 cm³/mol. The third kappa shape index (κ3) is 37.9. The quantitative estimate of drug-likeness (QED) is 0.0406. The van der Waals surface area contributed by atoms with Crippen LogP contribution in [0.3, 0.4) is 0 Å². The topological polar surface area (TPSA) is 72.8 Å². The number of carbonyl (C=O) groups is 2. The van der Waals surface area contributed by atoms with Crippen LogP contribution in [0.15, 0.2) is 85.1 Å². The number of hydrogen-bond donors (Lipinski definition) is 1. The first-order valence-electron chi connectivity index (χ1n) is 20.1. The lowest BCUT2D eigenvalue weighted by molar-refractivity contribution is -0.161. The zero-order valence-corrected chi connectivity index (χ0v) is 32.1. The van der Waals surface area contributed by atoms with Gasteiger partial charge in [0, 0.05) is 12.8 Å². The van der Waals surface area contributed by atoms with Crippen molar-refractivity contribution in [1.29, 1.82) is 0 Å². The van der Waals surface area contributed by atoms with Crippen LogP contribution in [0.25, 0.3) is 0 Å². The fraction of sp³-hybridized carbons (Fsp3) is 0.644. The van der Waals surface area contributed by atoms with Gasteiger partial charge in [-0.1, -0.05) is 150 Å². The molecule has 0 aliphatic carbocycles. The maximum absolute atomic E-state index is 12.1. The van der Waals surface area contributed by atoms with Crippen LogP contribution < -0.4 is 0 Å². The van der Waals surface area contributed by atoms with Gasteiger partial charge in [-0.25, -0.2) is 0 Å². The van der Waals surface area contributed by atoms with Gasteiger partial charge < -0.3 is 14.6 Å². The van der Waals surface area contributed by atoms with Crippen LogP contribution >= 0.6 is 0 Å². The van der Waals surface area contributed by atoms with Gasteiger partial charge in [0.1, 0.15) is 6.61 Å². The van der Waals surface area contributed by atoms with Gasteiger partial charge in [0.25, 0.3) is 0 Å². The summed E-state index contributed by atoms with van der Waals surface area (Å²) in [6.45, 7) is 4.01. The lowest BCUT2D eigenvalue weighted by Crippen LogP contribution is -2.28. The molecule has 1 atom stereocenters. The Kier molecular flexibility index (Phi) is 38.1. The summed E-state index contributed by atoms with van der Waals surface area (Å²) >= 11 is 0. The lowest BCUT2D eigenvalue weighted by atomic mass is 10.1. The van der Waals surface area contributed by atoms with Crippen molar-refractivity contribution < 1.29 is 24.2 Å². The third-order valence-corrected chi connectivity index (χ3v) is 8.16. The van der Waals surface area contributed by atoms with E-state index in [1.165, 1.54) is 70.6 Å². The Balaban J connectivity index is 3.74. The summed E-state index contributed by atoms with van der Waals surface area (Å²) in [5, 5.41) is 9.55. The highest BCUT2D eigenvalue weighted by Gasteiger charge is 2.15. The number of carbonyl (C=O) groups excluding carboxylic acids is 2. The van der Waals surface area contributed by atoms with Crippen LogP contribution in [-0.4, -0.2) is 36.4 Å². The van der Waals surface area contributed by atoms with Gasteiger partial charge in [0.2, 0.25) is 0 Å². The summed E-state index contributed by atoms with van der Waals surface area (Å²) in [6, 6.07) is 0. The zero-order valence-electron chi connectivity index (χ0n) is 32.1. The monoisotopic (exact) mass is 695 g/mol. The summed E-state index contributed by atoms with van der Waals surface area (Å²) in [5.74, 6) is -0.696. The smallest absolute Gasteiger partial charge is 0.306 e. The molecule has 0 radical (unpaired) electrons. The molecule has 0 aromatic carbocycles. The number of unbranched alkanes of at least 4 members (excludes halogenated alkanes) is 13. The number of hydrogen-bond acceptors (Lipinski definition) is 5. The van der Waals surface area contributed by atoms with Gasteiger partial charge in [-0.15, -0.1) is 0 Å². The predicted octanol–water partition coefficient (Wildman–Crippen LogP) is 12.7. The van der Waals surface area contributed by atoms with E-state index in [0.29, 0.717) is 12.8 Å². The number of allylic oxidation sites excluding steroid dienone is 14. The number of ether oxygens (including phenoxy) is 2. The van der Waals surface area contributed by atoms with E-state index in [9.17, 15) is 14.7 Å². The highest BCUT2D eigenvalue weighted by molar-refractivity contribution is 5.70. The Hall–Kier alpha value is -2.92. The molecule has 0 amide bonds. The Morgan fingerprint density at radius 3 is 1.30 bits per heavy atom. The minimum atomic E-state index is -0.815. The first-order valence-corrected chi connectivity index (χ1v) is 20.1. The van der Waals surface area contributed by atoms with Crippen molar-refractivity contribution in [3.63, 3.8) is 0 Å². The summed E-state index contributed by atoms with van der Waals surface area (Å²) < 4.78 is 10.5. The molecule has 1 N–H and O–H groups in total. The molecule has 0 aliphatic rings. The van der Waals surface area contributed by atoms with Crippen molar-refractivity contribution in [2.75, 3.05) is 13.2 Å². The molecule has 0 rings (SSSR count). The lowest BCUT2D eigenvalue weighted by Gasteiger charge is -2.15. The Morgan fingerprint density at radius 1 is 0.460 bits per heavy atom. The van der Waals surface area contributed by atoms with E-state index in [-0.39, 0.29) is 31.6 Å². The van der Waals surface area contributed by atoms with E-state index in [2.05, 4.69) is 98.9 Å². The summed E-state index contributed by atoms with van der Waals surface area (Å²) in [4.78, 5) is 24.2. The fourth-order valence-electron chi connectivity index (χ4n) is 5.08. The molecular formula is C45H74O5. The minimum Gasteiger partial charge on any atom is -0.462 e. The molecule has 0 spiro atoms. The van der Waals surface area contributed by atoms with Crippen LogP contribution in [0.2, 0.25) is 0 Å². The summed E-state index contributed by atoms with van der Waals surface area (Å²) in [7, 11) is 0. The standard InChI is InChI=1S/C45H74O5/c1-3-5-7-9-11-13-15-17-19-21-22-24-25-27-29-31-33-35-37-39-44(47)49-42-43(41-46)50-45(48)40-38-36-34-32-30-28-26-23-20-18-16-14-12-10-8-6-4-2/h11,13,17-20,22,24,26-29,32,34,43,46H,3-10,12,14-16,21,23,25,30-31,33,35-42H2,1-2H3/b13-11-,19-17-,20-18-,24-22-,28-26-,29-27-,34-32-/t43-/m0/s1. The normalized spacial score (nSPS) is 13.1. The summed E-state index contributed by atoms with van der Waals surface area (Å²) in [6.07, 6.45) is 55.0. The average molecular weight is 695 g/mol. The van der Waals surface area contributed by atoms with Crippen molar-refractivity contribution in [3.05, 3.63) is 85.1 Å². The Labute approximate surface area is 307 Å². The van der Waals surface area contributed by atoms with Gasteiger partial charge in [-0.05, 0) is 89.9 Å². The Morgan fingerprint density at radius 2 is 0.820 bits per heavy atom. The Bertz CT molecular complexity index is 968. The number of rotatable bonds is 35. The molecule has 0 aromatic heterocycles. The second kappa shape index (κ2) is 40.5. The van der Waals surface area contributed by atoms with E-state index in [1.807, 2.05) is 0 Å². The highest BCUT2D eigenvalue weighted by atomic mass is 16.6. The maximum Gasteiger partial charge on any atom is 0.306 e. The van der Waals surface area contributed by atoms with E-state index in [0.717, 1.165) is 64.2 Å². The third-order valence-electron chi connectivity index (χ3n) is 8.16. The van der Waals surface area contributed by atoms with Crippen molar-refractivity contribution >= 4 is 11.9 Å². The molecule has 0 saturated heterocycles. The molecule has 50 heavy (non-hydrogen) atoms. The second-order valence-electron chi connectivity index (χ2n) is 13.0. The number of aliphatic hydroxyl groups is 1. The van der Waals surface area contributed by atoms with Crippen molar-refractivity contribution in [2.45, 2.75) is 174 Å². The molecular weight excluding hydrogens is 620 g/mol. The highest BCUT2D eigenvalue weighted by Crippen LogP contribution is 2.09. The molecule has 284 valence electrons. The maximum atomic E-state index is 12.1. The van der Waals surface area contributed by atoms with E-state index >= 15 is 0 Å². The van der Waals surface area contributed by atoms with Gasteiger partial charge in [0.05, 0.1) is 6.61 Å². The van der Waals surface area contributed by atoms with Crippen LogP contribution in [0.4, 0.5) is 0 Å². The number of aliphatic hydroxyl groups excluding tert-OH is 1. The van der Waals surface area contributed by atoms with E-state index in [4.69, 9.17) is 9.47 Å². The van der Waals surface area contributed by atoms with Crippen LogP contribution in [-0.2, 0) is 19.1 Å². The van der Waals surface area contributed by atoms with E-state index in [1.54, 1.807) is 0 Å². The van der Waals surface area contributed by atoms with Gasteiger partial charge in [0.15, 0.2) is 6.10 Å². The molecule has 5 nitrogen and oxygen atoms in total. The zero-order chi connectivity index (χ0) is 36.4. The van der Waals surface area contributed by atoms with Crippen molar-refractivity contribution in [3.8, 4) is 0 Å². The summed E-state index contributed by atoms with van der Waals surface area (Å²) in [5.41, 5.74) is 0. The van der Waals surface area contributed by atoms with Gasteiger partial charge >= 0.3 is 11.9 Å². The first-order chi connectivity index (χ1) is 24.6. The second-order valence-corrected chi connectivity index (χ2v) is 13.0. The largest absolute Gasteiger partial charge is 0.462 e. The minimum absolute atomic E-state index is 0.107. The van der Waals surface area contributed by atoms with Crippen molar-refractivity contribution in [1.82, 2.24) is 0 Å². The van der Waals surface area contributed by atoms with Crippen LogP contribution in [0.1, 0.15) is 168 Å². The molecule has 0 unspecified atom stereocenters. The fourth-order valence-corrected chi connectivity index (χ4v) is 5.08. The van der Waals surface area contributed by atoms with Crippen LogP contribution in [0, 0.1) is 0 Å². The SMILES string of the molecule is CCCCC/C=C\C/C=C\C/C=C\C/C=C\CCCCCC(=O)OC[C@H](CO)OC(=O)CCC/C=C\C/C=C\C/C=C\CCCCCCCC. The molecule has 0 aliphatic heterocycles. The molecule has 0 saturated carbocycles. The van der Waals surface area contributed by atoms with Gasteiger partial charge in [-0.3, -0.25) is 9.59 Å².